The summed E-state index contributed by atoms with van der Waals surface area (Å²) in [5.41, 5.74) is 5.43. The first-order valence-corrected chi connectivity index (χ1v) is 10.7. The Morgan fingerprint density at radius 2 is 1.43 bits per heavy atom. The molecule has 0 aromatic heterocycles. The first kappa shape index (κ1) is 22.4. The summed E-state index contributed by atoms with van der Waals surface area (Å²) in [6, 6.07) is 25.7. The van der Waals surface area contributed by atoms with Crippen molar-refractivity contribution in [1.82, 2.24) is 0 Å². The maximum absolute atomic E-state index is 9.49. The molecule has 3 nitrogen and oxygen atoms in total. The zero-order chi connectivity index (χ0) is 21.3. The van der Waals surface area contributed by atoms with E-state index in [1.807, 2.05) is 66.7 Å². The van der Waals surface area contributed by atoms with Gasteiger partial charge in [-0.3, -0.25) is 0 Å². The number of ether oxygens (including phenoxy) is 1. The van der Waals surface area contributed by atoms with E-state index in [4.69, 9.17) is 33.0 Å². The van der Waals surface area contributed by atoms with E-state index < -0.39 is 6.10 Å². The Bertz CT molecular complexity index is 952. The minimum Gasteiger partial charge on any atom is -0.491 e. The monoisotopic (exact) mass is 442 g/mol. The van der Waals surface area contributed by atoms with Crippen LogP contribution in [0.1, 0.15) is 23.1 Å². The van der Waals surface area contributed by atoms with Crippen molar-refractivity contribution in [3.63, 3.8) is 0 Å². The number of hydrogen-bond acceptors (Lipinski definition) is 3. The largest absolute Gasteiger partial charge is 0.491 e. The van der Waals surface area contributed by atoms with Crippen LogP contribution < -0.4 is 4.74 Å². The fourth-order valence-corrected chi connectivity index (χ4v) is 3.56. The Balaban J connectivity index is 2.06. The van der Waals surface area contributed by atoms with Gasteiger partial charge < -0.3 is 14.9 Å². The molecule has 30 heavy (non-hydrogen) atoms. The quantitative estimate of drug-likeness (QED) is 0.332. The van der Waals surface area contributed by atoms with Crippen LogP contribution >= 0.6 is 23.2 Å². The van der Waals surface area contributed by atoms with Gasteiger partial charge in [-0.15, -0.1) is 11.6 Å². The molecule has 3 rings (SSSR count). The lowest BCUT2D eigenvalue weighted by molar-refractivity contribution is 0.0536. The topological polar surface area (TPSA) is 49.7 Å². The molecule has 0 fully saturated rings. The number of benzene rings is 3. The lowest BCUT2D eigenvalue weighted by atomic mass is 9.88. The lowest BCUT2D eigenvalue weighted by Crippen LogP contribution is -2.21. The highest BCUT2D eigenvalue weighted by molar-refractivity contribution is 6.30. The van der Waals surface area contributed by atoms with E-state index in [0.717, 1.165) is 27.8 Å². The van der Waals surface area contributed by atoms with Crippen molar-refractivity contribution in [1.29, 1.82) is 0 Å². The normalized spacial score (nSPS) is 12.9. The van der Waals surface area contributed by atoms with Crippen LogP contribution in [0.5, 0.6) is 5.75 Å². The summed E-state index contributed by atoms with van der Waals surface area (Å²) in [7, 11) is 0. The maximum Gasteiger partial charge on any atom is 0.119 e. The van der Waals surface area contributed by atoms with Gasteiger partial charge in [-0.25, -0.2) is 0 Å². The summed E-state index contributed by atoms with van der Waals surface area (Å²) in [4.78, 5) is 0. The van der Waals surface area contributed by atoms with Crippen LogP contribution in [0.15, 0.2) is 78.9 Å². The van der Waals surface area contributed by atoms with Crippen molar-refractivity contribution in [3.05, 3.63) is 101 Å². The van der Waals surface area contributed by atoms with Gasteiger partial charge in [-0.2, -0.15) is 0 Å². The van der Waals surface area contributed by atoms with Gasteiger partial charge in [-0.05, 0) is 58.5 Å². The third kappa shape index (κ3) is 5.87. The third-order valence-electron chi connectivity index (χ3n) is 4.70. The van der Waals surface area contributed by atoms with Crippen LogP contribution in [-0.4, -0.2) is 35.4 Å². The minimum absolute atomic E-state index is 0.0389. The molecule has 3 aromatic rings. The molecule has 0 aliphatic carbocycles. The number of rotatable bonds is 9. The fraction of sp³-hybridized carbons (Fsp3) is 0.200. The van der Waals surface area contributed by atoms with E-state index in [1.54, 1.807) is 0 Å². The van der Waals surface area contributed by atoms with E-state index in [1.165, 1.54) is 0 Å². The Labute approximate surface area is 187 Å². The van der Waals surface area contributed by atoms with Crippen LogP contribution in [0, 0.1) is 0 Å². The minimum atomic E-state index is -0.900. The second-order valence-corrected chi connectivity index (χ2v) is 7.65. The number of hydrogen-bond donors (Lipinski definition) is 2. The maximum atomic E-state index is 9.49. The zero-order valence-electron chi connectivity index (χ0n) is 16.5. The number of alkyl halides is 1. The van der Waals surface area contributed by atoms with E-state index in [0.29, 0.717) is 23.1 Å². The highest BCUT2D eigenvalue weighted by Crippen LogP contribution is 2.35. The van der Waals surface area contributed by atoms with Crippen molar-refractivity contribution in [2.24, 2.45) is 0 Å². The van der Waals surface area contributed by atoms with E-state index in [2.05, 4.69) is 12.1 Å². The van der Waals surface area contributed by atoms with Gasteiger partial charge in [0, 0.05) is 10.9 Å². The molecule has 0 amide bonds. The molecule has 0 saturated heterocycles. The zero-order valence-corrected chi connectivity index (χ0v) is 18.0. The molecule has 156 valence electrons. The van der Waals surface area contributed by atoms with E-state index >= 15 is 0 Å². The molecule has 0 saturated carbocycles. The Kier molecular flexibility index (Phi) is 8.35. The Hall–Kier alpha value is -2.30. The molecule has 0 radical (unpaired) electrons. The van der Waals surface area contributed by atoms with Crippen LogP contribution in [0.4, 0.5) is 0 Å². The predicted octanol–water partition coefficient (Wildman–Crippen LogP) is 5.66. The summed E-state index contributed by atoms with van der Waals surface area (Å²) in [5.74, 6) is 1.13. The summed E-state index contributed by atoms with van der Waals surface area (Å²) in [6.07, 6.45) is -0.188. The molecule has 3 aromatic carbocycles. The lowest BCUT2D eigenvalue weighted by Gasteiger charge is -2.17. The smallest absolute Gasteiger partial charge is 0.119 e. The van der Waals surface area contributed by atoms with Gasteiger partial charge in [0.15, 0.2) is 0 Å². The second kappa shape index (κ2) is 11.2. The van der Waals surface area contributed by atoms with Crippen molar-refractivity contribution >= 4 is 34.3 Å². The van der Waals surface area contributed by atoms with Gasteiger partial charge in [0.25, 0.3) is 0 Å². The van der Waals surface area contributed by atoms with Crippen LogP contribution in [0.25, 0.3) is 11.1 Å². The summed E-state index contributed by atoms with van der Waals surface area (Å²) in [6.45, 7) is -0.294. The van der Waals surface area contributed by atoms with Crippen molar-refractivity contribution in [3.8, 4) is 5.75 Å². The van der Waals surface area contributed by atoms with E-state index in [-0.39, 0.29) is 13.2 Å². The van der Waals surface area contributed by atoms with Gasteiger partial charge >= 0.3 is 0 Å². The first-order valence-electron chi connectivity index (χ1n) is 9.75. The third-order valence-corrected chi connectivity index (χ3v) is 5.14. The van der Waals surface area contributed by atoms with Crippen molar-refractivity contribution < 1.29 is 14.9 Å². The first-order chi connectivity index (χ1) is 14.6. The molecule has 0 bridgehead atoms. The molecular formula is C25H24Cl2O3. The van der Waals surface area contributed by atoms with Gasteiger partial charge in [-0.1, -0.05) is 66.2 Å². The van der Waals surface area contributed by atoms with Crippen LogP contribution in [-0.2, 0) is 0 Å². The molecule has 2 N–H and O–H groups in total. The van der Waals surface area contributed by atoms with E-state index in [9.17, 15) is 5.11 Å². The van der Waals surface area contributed by atoms with Crippen LogP contribution in [0.2, 0.25) is 5.02 Å². The number of aliphatic hydroxyl groups is 2. The fourth-order valence-electron chi connectivity index (χ4n) is 3.24. The molecule has 0 aliphatic heterocycles. The molecule has 0 spiro atoms. The standard InChI is InChI=1S/C25H24Cl2O3/c26-15-14-24(18-4-2-1-3-5-18)25(19-6-10-21(27)11-7-19)20-8-12-23(13-9-20)30-17-22(29)16-28/h1-13,22,28-29H,14-17H2/b25-24+. The van der Waals surface area contributed by atoms with Crippen LogP contribution in [0.3, 0.4) is 0 Å². The summed E-state index contributed by atoms with van der Waals surface area (Å²) >= 11 is 12.3. The molecule has 1 atom stereocenters. The summed E-state index contributed by atoms with van der Waals surface area (Å²) in [5, 5.41) is 19.1. The molecule has 0 heterocycles. The molecular weight excluding hydrogens is 419 g/mol. The Morgan fingerprint density at radius 1 is 0.833 bits per heavy atom. The average Bonchev–Trinajstić information content (AvgIpc) is 2.79. The SMILES string of the molecule is OCC(O)COc1ccc(/C(=C(\CCCl)c2ccccc2)c2ccc(Cl)cc2)cc1. The second-order valence-electron chi connectivity index (χ2n) is 6.84. The highest BCUT2D eigenvalue weighted by atomic mass is 35.5. The average molecular weight is 443 g/mol. The molecule has 1 unspecified atom stereocenters. The van der Waals surface area contributed by atoms with Gasteiger partial charge in [0.2, 0.25) is 0 Å². The van der Waals surface area contributed by atoms with Gasteiger partial charge in [0.1, 0.15) is 18.5 Å². The van der Waals surface area contributed by atoms with Crippen molar-refractivity contribution in [2.75, 3.05) is 19.1 Å². The molecule has 5 heteroatoms. The van der Waals surface area contributed by atoms with Crippen molar-refractivity contribution in [2.45, 2.75) is 12.5 Å². The number of halogens is 2. The Morgan fingerprint density at radius 3 is 2.00 bits per heavy atom. The number of aliphatic hydroxyl groups excluding tert-OH is 2. The predicted molar refractivity (Wildman–Crippen MR) is 124 cm³/mol. The molecule has 0 aliphatic rings. The highest BCUT2D eigenvalue weighted by Gasteiger charge is 2.14. The van der Waals surface area contributed by atoms with Gasteiger partial charge in [0.05, 0.1) is 6.61 Å². The summed E-state index contributed by atoms with van der Waals surface area (Å²) < 4.78 is 5.54. The number of allylic oxidation sites excluding steroid dienone is 1.